The normalized spacial score (nSPS) is 31.6. The summed E-state index contributed by atoms with van der Waals surface area (Å²) in [5.74, 6) is 0.718. The van der Waals surface area contributed by atoms with E-state index in [1.165, 1.54) is 0 Å². The smallest absolute Gasteiger partial charge is 0.122 e. The summed E-state index contributed by atoms with van der Waals surface area (Å²) in [6.07, 6.45) is -2.87. The van der Waals surface area contributed by atoms with Gasteiger partial charge >= 0.3 is 0 Å². The molecule has 1 fully saturated rings. The second-order valence-corrected chi connectivity index (χ2v) is 4.39. The lowest BCUT2D eigenvalue weighted by Crippen LogP contribution is -2.34. The number of methoxy groups -OCH3 is 1. The molecule has 1 heterocycles. The Bertz CT molecular complexity index is 395. The Morgan fingerprint density at radius 3 is 2.44 bits per heavy atom. The Kier molecular flexibility index (Phi) is 4.19. The molecule has 4 atom stereocenters. The van der Waals surface area contributed by atoms with E-state index in [9.17, 15) is 10.2 Å². The molecule has 0 amide bonds. The molecule has 0 spiro atoms. The van der Waals surface area contributed by atoms with Crippen LogP contribution in [0.3, 0.4) is 0 Å². The number of ether oxygens (including phenoxy) is 2. The molecule has 100 valence electrons. The van der Waals surface area contributed by atoms with Crippen LogP contribution in [-0.4, -0.2) is 53.5 Å². The van der Waals surface area contributed by atoms with E-state index < -0.39 is 24.4 Å². The first-order chi connectivity index (χ1) is 8.67. The molecule has 18 heavy (non-hydrogen) atoms. The molecule has 0 aromatic heterocycles. The van der Waals surface area contributed by atoms with Crippen LogP contribution in [0.5, 0.6) is 5.75 Å². The summed E-state index contributed by atoms with van der Waals surface area (Å²) in [6, 6.07) is 7.45. The number of rotatable bonds is 4. The molecule has 1 aromatic carbocycles. The minimum absolute atomic E-state index is 0.305. The van der Waals surface area contributed by atoms with Crippen LogP contribution < -0.4 is 4.74 Å². The summed E-state index contributed by atoms with van der Waals surface area (Å²) in [5, 5.41) is 28.5. The van der Waals surface area contributed by atoms with Gasteiger partial charge in [-0.15, -0.1) is 0 Å². The highest BCUT2D eigenvalue weighted by atomic mass is 16.6. The molecule has 3 N–H and O–H groups in total. The van der Waals surface area contributed by atoms with E-state index in [1.54, 1.807) is 7.11 Å². The third-order valence-corrected chi connectivity index (χ3v) is 3.25. The van der Waals surface area contributed by atoms with Crippen LogP contribution in [0, 0.1) is 0 Å². The molecule has 0 aliphatic carbocycles. The van der Waals surface area contributed by atoms with Crippen molar-refractivity contribution >= 4 is 0 Å². The van der Waals surface area contributed by atoms with Gasteiger partial charge in [-0.05, 0) is 11.6 Å². The van der Waals surface area contributed by atoms with Gasteiger partial charge in [-0.2, -0.15) is 0 Å². The summed E-state index contributed by atoms with van der Waals surface area (Å²) < 4.78 is 10.7. The molecule has 1 aliphatic rings. The molecule has 0 unspecified atom stereocenters. The molecule has 5 nitrogen and oxygen atoms in total. The Hall–Kier alpha value is -1.14. The van der Waals surface area contributed by atoms with Crippen molar-refractivity contribution in [2.45, 2.75) is 30.8 Å². The van der Waals surface area contributed by atoms with E-state index in [-0.39, 0.29) is 6.61 Å². The van der Waals surface area contributed by atoms with Crippen molar-refractivity contribution in [1.82, 2.24) is 0 Å². The molecule has 0 bridgehead atoms. The number of benzene rings is 1. The van der Waals surface area contributed by atoms with Gasteiger partial charge in [0.25, 0.3) is 0 Å². The maximum atomic E-state index is 9.86. The molecule has 1 aliphatic heterocycles. The highest BCUT2D eigenvalue weighted by Gasteiger charge is 2.42. The van der Waals surface area contributed by atoms with Gasteiger partial charge in [0.1, 0.15) is 24.1 Å². The maximum absolute atomic E-state index is 9.86. The molecule has 2 rings (SSSR count). The van der Waals surface area contributed by atoms with Gasteiger partial charge in [0.2, 0.25) is 0 Å². The first-order valence-corrected chi connectivity index (χ1v) is 5.91. The van der Waals surface area contributed by atoms with Crippen LogP contribution in [0.25, 0.3) is 0 Å². The lowest BCUT2D eigenvalue weighted by molar-refractivity contribution is -0.0216. The van der Waals surface area contributed by atoms with Crippen LogP contribution in [-0.2, 0) is 11.2 Å². The van der Waals surface area contributed by atoms with E-state index in [2.05, 4.69) is 0 Å². The van der Waals surface area contributed by atoms with Crippen LogP contribution in [0.1, 0.15) is 5.56 Å². The summed E-state index contributed by atoms with van der Waals surface area (Å²) in [6.45, 7) is -0.305. The third kappa shape index (κ3) is 2.49. The van der Waals surface area contributed by atoms with Gasteiger partial charge in [0.05, 0.1) is 19.8 Å². The molecular formula is C13H18O5. The SMILES string of the molecule is COc1ccccc1C[C@@H]1O[C@H](CO)[C@@H](O)[C@H]1O. The lowest BCUT2D eigenvalue weighted by atomic mass is 10.0. The number of aliphatic hydroxyl groups is 3. The monoisotopic (exact) mass is 254 g/mol. The van der Waals surface area contributed by atoms with E-state index in [1.807, 2.05) is 24.3 Å². The quantitative estimate of drug-likeness (QED) is 0.688. The van der Waals surface area contributed by atoms with Crippen molar-refractivity contribution < 1.29 is 24.8 Å². The van der Waals surface area contributed by atoms with Gasteiger partial charge in [-0.25, -0.2) is 0 Å². The Balaban J connectivity index is 2.10. The zero-order valence-corrected chi connectivity index (χ0v) is 10.2. The van der Waals surface area contributed by atoms with E-state index in [0.717, 1.165) is 11.3 Å². The average molecular weight is 254 g/mol. The highest BCUT2D eigenvalue weighted by molar-refractivity contribution is 5.34. The maximum Gasteiger partial charge on any atom is 0.122 e. The van der Waals surface area contributed by atoms with Crippen molar-refractivity contribution in [3.8, 4) is 5.75 Å². The van der Waals surface area contributed by atoms with Crippen LogP contribution in [0.2, 0.25) is 0 Å². The minimum Gasteiger partial charge on any atom is -0.496 e. The third-order valence-electron chi connectivity index (χ3n) is 3.25. The van der Waals surface area contributed by atoms with Gasteiger partial charge in [0, 0.05) is 6.42 Å². The molecule has 0 saturated carbocycles. The van der Waals surface area contributed by atoms with E-state index >= 15 is 0 Å². The molecule has 1 saturated heterocycles. The number of hydrogen-bond acceptors (Lipinski definition) is 5. The Morgan fingerprint density at radius 1 is 1.17 bits per heavy atom. The fourth-order valence-corrected chi connectivity index (χ4v) is 2.23. The molecule has 1 aromatic rings. The van der Waals surface area contributed by atoms with Crippen LogP contribution in [0.4, 0.5) is 0 Å². The first kappa shape index (κ1) is 13.3. The van der Waals surface area contributed by atoms with E-state index in [4.69, 9.17) is 14.6 Å². The van der Waals surface area contributed by atoms with Crippen molar-refractivity contribution in [3.05, 3.63) is 29.8 Å². The second-order valence-electron chi connectivity index (χ2n) is 4.39. The fraction of sp³-hybridized carbons (Fsp3) is 0.538. The summed E-state index contributed by atoms with van der Waals surface area (Å²) in [7, 11) is 1.58. The molecular weight excluding hydrogens is 236 g/mol. The summed E-state index contributed by atoms with van der Waals surface area (Å²) in [4.78, 5) is 0. The number of hydrogen-bond donors (Lipinski definition) is 3. The van der Waals surface area contributed by atoms with Gasteiger partial charge in [-0.3, -0.25) is 0 Å². The lowest BCUT2D eigenvalue weighted by Gasteiger charge is -2.16. The fourth-order valence-electron chi connectivity index (χ4n) is 2.23. The van der Waals surface area contributed by atoms with Crippen molar-refractivity contribution in [2.24, 2.45) is 0 Å². The van der Waals surface area contributed by atoms with Crippen molar-refractivity contribution in [2.75, 3.05) is 13.7 Å². The van der Waals surface area contributed by atoms with Crippen LogP contribution >= 0.6 is 0 Å². The van der Waals surface area contributed by atoms with Gasteiger partial charge in [-0.1, -0.05) is 18.2 Å². The minimum atomic E-state index is -1.05. The Labute approximate surface area is 106 Å². The number of para-hydroxylation sites is 1. The molecule has 0 radical (unpaired) electrons. The standard InChI is InChI=1S/C13H18O5/c1-17-9-5-3-2-4-8(9)6-10-12(15)13(16)11(7-14)18-10/h2-5,10-16H,6-7H2,1H3/t10-,11+,12-,13+/m0/s1. The highest BCUT2D eigenvalue weighted by Crippen LogP contribution is 2.27. The Morgan fingerprint density at radius 2 is 1.83 bits per heavy atom. The van der Waals surface area contributed by atoms with Gasteiger partial charge < -0.3 is 24.8 Å². The largest absolute Gasteiger partial charge is 0.496 e. The average Bonchev–Trinajstić information content (AvgIpc) is 2.67. The van der Waals surface area contributed by atoms with E-state index in [0.29, 0.717) is 6.42 Å². The topological polar surface area (TPSA) is 79.2 Å². The van der Waals surface area contributed by atoms with Crippen molar-refractivity contribution in [1.29, 1.82) is 0 Å². The van der Waals surface area contributed by atoms with Crippen molar-refractivity contribution in [3.63, 3.8) is 0 Å². The molecule has 5 heteroatoms. The number of aliphatic hydroxyl groups excluding tert-OH is 3. The summed E-state index contributed by atoms with van der Waals surface area (Å²) >= 11 is 0. The van der Waals surface area contributed by atoms with Gasteiger partial charge in [0.15, 0.2) is 0 Å². The second kappa shape index (κ2) is 5.67. The first-order valence-electron chi connectivity index (χ1n) is 5.91. The van der Waals surface area contributed by atoms with Crippen LogP contribution in [0.15, 0.2) is 24.3 Å². The summed E-state index contributed by atoms with van der Waals surface area (Å²) in [5.41, 5.74) is 0.898. The predicted octanol–water partition coefficient (Wildman–Crippen LogP) is -0.281. The zero-order valence-electron chi connectivity index (χ0n) is 10.2. The zero-order chi connectivity index (χ0) is 13.1. The predicted molar refractivity (Wildman–Crippen MR) is 64.5 cm³/mol.